The largest absolute Gasteiger partial charge is 0.497 e. The molecule has 1 fully saturated rings. The van der Waals surface area contributed by atoms with Gasteiger partial charge in [-0.2, -0.15) is 5.10 Å². The van der Waals surface area contributed by atoms with Crippen molar-refractivity contribution in [1.29, 1.82) is 0 Å². The summed E-state index contributed by atoms with van der Waals surface area (Å²) in [5.41, 5.74) is 5.88. The Morgan fingerprint density at radius 3 is 2.47 bits per heavy atom. The average Bonchev–Trinajstić information content (AvgIpc) is 3.39. The average molecular weight is 430 g/mol. The van der Waals surface area contributed by atoms with Gasteiger partial charge in [0.2, 0.25) is 0 Å². The number of aryl methyl sites for hydroxylation is 1. The fourth-order valence-electron chi connectivity index (χ4n) is 4.56. The minimum absolute atomic E-state index is 0.0354. The van der Waals surface area contributed by atoms with E-state index in [-0.39, 0.29) is 5.91 Å². The summed E-state index contributed by atoms with van der Waals surface area (Å²) in [7, 11) is 1.64. The van der Waals surface area contributed by atoms with E-state index in [0.29, 0.717) is 18.8 Å². The molecular formula is C25H27N5O2. The van der Waals surface area contributed by atoms with Crippen LogP contribution in [0, 0.1) is 13.8 Å². The van der Waals surface area contributed by atoms with Gasteiger partial charge in [-0.3, -0.25) is 4.79 Å². The summed E-state index contributed by atoms with van der Waals surface area (Å²) in [6, 6.07) is 17.9. The Balaban J connectivity index is 1.31. The molecule has 7 heteroatoms. The summed E-state index contributed by atoms with van der Waals surface area (Å²) in [5, 5.41) is 5.78. The van der Waals surface area contributed by atoms with Gasteiger partial charge in [0.25, 0.3) is 5.91 Å². The molecule has 1 aliphatic rings. The van der Waals surface area contributed by atoms with Crippen molar-refractivity contribution in [2.45, 2.75) is 13.8 Å². The van der Waals surface area contributed by atoms with E-state index in [1.54, 1.807) is 7.11 Å². The Morgan fingerprint density at radius 1 is 1.00 bits per heavy atom. The van der Waals surface area contributed by atoms with Crippen LogP contribution in [0.15, 0.2) is 54.6 Å². The van der Waals surface area contributed by atoms with Crippen LogP contribution in [0.25, 0.3) is 16.6 Å². The number of aromatic amines is 1. The number of rotatable bonds is 4. The molecule has 1 N–H and O–H groups in total. The smallest absolute Gasteiger partial charge is 0.270 e. The van der Waals surface area contributed by atoms with Gasteiger partial charge in [0.1, 0.15) is 11.4 Å². The molecule has 0 radical (unpaired) electrons. The molecule has 0 atom stereocenters. The molecule has 1 saturated heterocycles. The molecule has 0 aliphatic carbocycles. The number of nitrogens with zero attached hydrogens (tertiary/aromatic N) is 4. The number of anilines is 1. The summed E-state index contributed by atoms with van der Waals surface area (Å²) in [6.07, 6.45) is 0. The quantitative estimate of drug-likeness (QED) is 0.534. The lowest BCUT2D eigenvalue weighted by Gasteiger charge is -2.36. The molecule has 0 unspecified atom stereocenters. The number of hydrogen-bond donors (Lipinski definition) is 1. The SMILES string of the molecule is COc1ccc2cc(C(=O)N3CCN(c4c(C)nn(-c5ccccc5)c4C)CC3)[nH]c2c1. The van der Waals surface area contributed by atoms with Crippen molar-refractivity contribution in [1.82, 2.24) is 19.7 Å². The molecule has 164 valence electrons. The number of hydrogen-bond acceptors (Lipinski definition) is 4. The molecule has 1 amide bonds. The van der Waals surface area contributed by atoms with Gasteiger partial charge in [-0.05, 0) is 44.2 Å². The third kappa shape index (κ3) is 3.49. The van der Waals surface area contributed by atoms with Crippen molar-refractivity contribution in [3.05, 3.63) is 71.7 Å². The van der Waals surface area contributed by atoms with Gasteiger partial charge < -0.3 is 19.5 Å². The van der Waals surface area contributed by atoms with Gasteiger partial charge in [-0.1, -0.05) is 18.2 Å². The summed E-state index contributed by atoms with van der Waals surface area (Å²) in [4.78, 5) is 20.6. The van der Waals surface area contributed by atoms with Crippen molar-refractivity contribution >= 4 is 22.5 Å². The number of ether oxygens (including phenoxy) is 1. The Morgan fingerprint density at radius 2 is 1.75 bits per heavy atom. The molecule has 2 aromatic heterocycles. The van der Waals surface area contributed by atoms with Crippen LogP contribution >= 0.6 is 0 Å². The van der Waals surface area contributed by atoms with E-state index < -0.39 is 0 Å². The van der Waals surface area contributed by atoms with Gasteiger partial charge in [-0.25, -0.2) is 4.68 Å². The molecule has 1 aliphatic heterocycles. The Bertz CT molecular complexity index is 1270. The number of benzene rings is 2. The fourth-order valence-corrected chi connectivity index (χ4v) is 4.56. The predicted molar refractivity (Wildman–Crippen MR) is 126 cm³/mol. The molecular weight excluding hydrogens is 402 g/mol. The minimum atomic E-state index is 0.0354. The van der Waals surface area contributed by atoms with Crippen molar-refractivity contribution in [3.8, 4) is 11.4 Å². The van der Waals surface area contributed by atoms with Crippen LogP contribution in [0.1, 0.15) is 21.9 Å². The molecule has 4 aromatic rings. The maximum atomic E-state index is 13.1. The molecule has 0 bridgehead atoms. The second-order valence-electron chi connectivity index (χ2n) is 8.18. The van der Waals surface area contributed by atoms with E-state index in [1.165, 1.54) is 5.69 Å². The lowest BCUT2D eigenvalue weighted by molar-refractivity contribution is 0.0742. The monoisotopic (exact) mass is 429 g/mol. The third-order valence-electron chi connectivity index (χ3n) is 6.20. The number of carbonyl (C=O) groups excluding carboxylic acids is 1. The van der Waals surface area contributed by atoms with Gasteiger partial charge in [0, 0.05) is 43.1 Å². The number of carbonyl (C=O) groups is 1. The second kappa shape index (κ2) is 8.07. The summed E-state index contributed by atoms with van der Waals surface area (Å²) in [6.45, 7) is 7.07. The highest BCUT2D eigenvalue weighted by Crippen LogP contribution is 2.28. The third-order valence-corrected chi connectivity index (χ3v) is 6.20. The zero-order valence-corrected chi connectivity index (χ0v) is 18.6. The first kappa shape index (κ1) is 20.2. The van der Waals surface area contributed by atoms with Crippen LogP contribution in [0.5, 0.6) is 5.75 Å². The summed E-state index contributed by atoms with van der Waals surface area (Å²) in [5.74, 6) is 0.807. The second-order valence-corrected chi connectivity index (χ2v) is 8.18. The summed E-state index contributed by atoms with van der Waals surface area (Å²) >= 11 is 0. The lowest BCUT2D eigenvalue weighted by atomic mass is 10.2. The van der Waals surface area contributed by atoms with Crippen LogP contribution < -0.4 is 9.64 Å². The number of fused-ring (bicyclic) bond motifs is 1. The highest BCUT2D eigenvalue weighted by molar-refractivity contribution is 5.98. The Kier molecular flexibility index (Phi) is 5.09. The van der Waals surface area contributed by atoms with E-state index in [9.17, 15) is 4.79 Å². The first-order chi connectivity index (χ1) is 15.5. The van der Waals surface area contributed by atoms with E-state index >= 15 is 0 Å². The molecule has 5 rings (SSSR count). The van der Waals surface area contributed by atoms with Crippen LogP contribution in [0.4, 0.5) is 5.69 Å². The number of H-pyrrole nitrogens is 1. The Hall–Kier alpha value is -3.74. The molecule has 2 aromatic carbocycles. The standard InChI is InChI=1S/C25H27N5O2/c1-17-24(18(2)30(27-17)20-7-5-4-6-8-20)28-11-13-29(14-12-28)25(31)23-15-19-9-10-21(32-3)16-22(19)26-23/h4-10,15-16,26H,11-14H2,1-3H3. The van der Waals surface area contributed by atoms with E-state index in [1.807, 2.05) is 52.0 Å². The summed E-state index contributed by atoms with van der Waals surface area (Å²) < 4.78 is 7.28. The van der Waals surface area contributed by atoms with Crippen molar-refractivity contribution in [2.24, 2.45) is 0 Å². The molecule has 0 saturated carbocycles. The lowest BCUT2D eigenvalue weighted by Crippen LogP contribution is -2.49. The van der Waals surface area contributed by atoms with E-state index in [4.69, 9.17) is 9.84 Å². The van der Waals surface area contributed by atoms with Crippen LogP contribution in [-0.2, 0) is 0 Å². The van der Waals surface area contributed by atoms with Gasteiger partial charge in [0.05, 0.1) is 29.9 Å². The number of nitrogens with one attached hydrogen (secondary N) is 1. The zero-order chi connectivity index (χ0) is 22.2. The maximum absolute atomic E-state index is 13.1. The van der Waals surface area contributed by atoms with Crippen LogP contribution in [0.2, 0.25) is 0 Å². The van der Waals surface area contributed by atoms with E-state index in [2.05, 4.69) is 35.9 Å². The Labute approximate surface area is 187 Å². The highest BCUT2D eigenvalue weighted by Gasteiger charge is 2.26. The number of methoxy groups -OCH3 is 1. The van der Waals surface area contributed by atoms with Crippen LogP contribution in [-0.4, -0.2) is 58.9 Å². The number of aromatic nitrogens is 3. The van der Waals surface area contributed by atoms with Gasteiger partial charge in [-0.15, -0.1) is 0 Å². The highest BCUT2D eigenvalue weighted by atomic mass is 16.5. The first-order valence-corrected chi connectivity index (χ1v) is 10.9. The molecule has 7 nitrogen and oxygen atoms in total. The van der Waals surface area contributed by atoms with Crippen molar-refractivity contribution in [2.75, 3.05) is 38.2 Å². The van der Waals surface area contributed by atoms with Gasteiger partial charge in [0.15, 0.2) is 0 Å². The molecule has 32 heavy (non-hydrogen) atoms. The number of piperazine rings is 1. The zero-order valence-electron chi connectivity index (χ0n) is 18.6. The maximum Gasteiger partial charge on any atom is 0.270 e. The van der Waals surface area contributed by atoms with E-state index in [0.717, 1.165) is 46.8 Å². The van der Waals surface area contributed by atoms with Crippen molar-refractivity contribution < 1.29 is 9.53 Å². The predicted octanol–water partition coefficient (Wildman–Crippen LogP) is 3.94. The van der Waals surface area contributed by atoms with Crippen molar-refractivity contribution in [3.63, 3.8) is 0 Å². The first-order valence-electron chi connectivity index (χ1n) is 10.9. The molecule has 0 spiro atoms. The van der Waals surface area contributed by atoms with Gasteiger partial charge >= 0.3 is 0 Å². The molecule has 3 heterocycles. The number of amides is 1. The topological polar surface area (TPSA) is 66.4 Å². The fraction of sp³-hybridized carbons (Fsp3) is 0.280. The normalized spacial score (nSPS) is 14.2. The van der Waals surface area contributed by atoms with Crippen LogP contribution in [0.3, 0.4) is 0 Å². The number of para-hydroxylation sites is 1. The minimum Gasteiger partial charge on any atom is -0.497 e.